The van der Waals surface area contributed by atoms with E-state index in [9.17, 15) is 4.79 Å². The fourth-order valence-corrected chi connectivity index (χ4v) is 5.23. The number of nitrogens with one attached hydrogen (secondary N) is 2. The molecule has 0 spiro atoms. The molecule has 2 aliphatic heterocycles. The van der Waals surface area contributed by atoms with Crippen LogP contribution in [0.3, 0.4) is 0 Å². The van der Waals surface area contributed by atoms with Gasteiger partial charge in [-0.2, -0.15) is 4.98 Å². The van der Waals surface area contributed by atoms with Gasteiger partial charge >= 0.3 is 0 Å². The molecule has 0 saturated carbocycles. The van der Waals surface area contributed by atoms with Crippen molar-refractivity contribution in [1.82, 2.24) is 14.5 Å². The fourth-order valence-electron chi connectivity index (χ4n) is 5.09. The first-order valence-electron chi connectivity index (χ1n) is 11.9. The van der Waals surface area contributed by atoms with Crippen molar-refractivity contribution in [2.75, 3.05) is 35.2 Å². The number of aryl methyl sites for hydroxylation is 1. The first-order valence-corrected chi connectivity index (χ1v) is 12.3. The van der Waals surface area contributed by atoms with Gasteiger partial charge in [0, 0.05) is 43.7 Å². The number of anilines is 4. The van der Waals surface area contributed by atoms with Crippen molar-refractivity contribution in [1.29, 1.82) is 0 Å². The molecule has 3 atom stereocenters. The first-order chi connectivity index (χ1) is 16.3. The summed E-state index contributed by atoms with van der Waals surface area (Å²) in [6.07, 6.45) is 3.70. The van der Waals surface area contributed by atoms with Crippen LogP contribution < -0.4 is 25.8 Å². The highest BCUT2D eigenvalue weighted by molar-refractivity contribution is 6.32. The molecule has 2 aliphatic rings. The number of aromatic nitrogens is 3. The SMILES string of the molecule is C[C@@H]1C[C@H](C)CN(c2ncc(Cl)c(Nc3ccc4c(c3)c3c(c(=O)n4C)OCC[C@H](C)N3)n2)C1. The first kappa shape index (κ1) is 22.8. The lowest BCUT2D eigenvalue weighted by Gasteiger charge is -2.35. The van der Waals surface area contributed by atoms with Gasteiger partial charge in [0.1, 0.15) is 5.02 Å². The van der Waals surface area contributed by atoms with E-state index < -0.39 is 0 Å². The number of ether oxygens (including phenoxy) is 1. The Morgan fingerprint density at radius 1 is 1.21 bits per heavy atom. The number of fused-ring (bicyclic) bond motifs is 3. The molecule has 1 fully saturated rings. The highest BCUT2D eigenvalue weighted by Gasteiger charge is 2.25. The van der Waals surface area contributed by atoms with Crippen molar-refractivity contribution in [2.24, 2.45) is 18.9 Å². The van der Waals surface area contributed by atoms with E-state index in [1.165, 1.54) is 6.42 Å². The van der Waals surface area contributed by atoms with Crippen LogP contribution >= 0.6 is 11.6 Å². The van der Waals surface area contributed by atoms with Gasteiger partial charge in [-0.1, -0.05) is 25.4 Å². The zero-order valence-electron chi connectivity index (χ0n) is 20.1. The van der Waals surface area contributed by atoms with Gasteiger partial charge in [0.2, 0.25) is 11.7 Å². The molecule has 2 N–H and O–H groups in total. The van der Waals surface area contributed by atoms with E-state index in [2.05, 4.69) is 41.3 Å². The third kappa shape index (κ3) is 4.27. The van der Waals surface area contributed by atoms with E-state index in [1.54, 1.807) is 17.8 Å². The Morgan fingerprint density at radius 3 is 2.74 bits per heavy atom. The van der Waals surface area contributed by atoms with E-state index in [0.29, 0.717) is 41.0 Å². The highest BCUT2D eigenvalue weighted by atomic mass is 35.5. The Morgan fingerprint density at radius 2 is 1.97 bits per heavy atom. The zero-order chi connectivity index (χ0) is 24.0. The van der Waals surface area contributed by atoms with Gasteiger partial charge in [-0.3, -0.25) is 4.79 Å². The van der Waals surface area contributed by atoms with Crippen LogP contribution in [-0.4, -0.2) is 40.3 Å². The molecule has 34 heavy (non-hydrogen) atoms. The average molecular weight is 483 g/mol. The highest BCUT2D eigenvalue weighted by Crippen LogP contribution is 2.35. The molecule has 180 valence electrons. The summed E-state index contributed by atoms with van der Waals surface area (Å²) in [4.78, 5) is 24.4. The molecule has 0 radical (unpaired) electrons. The van der Waals surface area contributed by atoms with Gasteiger partial charge in [-0.05, 0) is 43.4 Å². The van der Waals surface area contributed by atoms with E-state index in [0.717, 1.165) is 41.8 Å². The molecular formula is C25H31ClN6O2. The maximum atomic E-state index is 12.9. The van der Waals surface area contributed by atoms with Crippen molar-refractivity contribution in [2.45, 2.75) is 39.7 Å². The Hall–Kier alpha value is -3.00. The van der Waals surface area contributed by atoms with E-state index in [1.807, 2.05) is 18.2 Å². The predicted molar refractivity (Wildman–Crippen MR) is 138 cm³/mol. The van der Waals surface area contributed by atoms with Crippen molar-refractivity contribution >= 4 is 45.6 Å². The van der Waals surface area contributed by atoms with Crippen molar-refractivity contribution in [3.05, 3.63) is 39.8 Å². The summed E-state index contributed by atoms with van der Waals surface area (Å²) in [5.41, 5.74) is 2.24. The summed E-state index contributed by atoms with van der Waals surface area (Å²) in [6.45, 7) is 9.00. The number of pyridine rings is 1. The molecule has 8 nitrogen and oxygen atoms in total. The Balaban J connectivity index is 1.52. The summed E-state index contributed by atoms with van der Waals surface area (Å²) < 4.78 is 7.48. The number of hydrogen-bond donors (Lipinski definition) is 2. The molecule has 1 saturated heterocycles. The monoisotopic (exact) mass is 482 g/mol. The smallest absolute Gasteiger partial charge is 0.295 e. The molecule has 4 heterocycles. The van der Waals surface area contributed by atoms with E-state index in [-0.39, 0.29) is 11.6 Å². The average Bonchev–Trinajstić information content (AvgIpc) is 3.00. The van der Waals surface area contributed by atoms with Crippen LogP contribution in [0.1, 0.15) is 33.6 Å². The van der Waals surface area contributed by atoms with Crippen LogP contribution in [0.2, 0.25) is 5.02 Å². The summed E-state index contributed by atoms with van der Waals surface area (Å²) in [7, 11) is 1.77. The van der Waals surface area contributed by atoms with Crippen molar-refractivity contribution in [3.63, 3.8) is 0 Å². The summed E-state index contributed by atoms with van der Waals surface area (Å²) >= 11 is 6.48. The molecule has 5 rings (SSSR count). The third-order valence-electron chi connectivity index (χ3n) is 6.69. The van der Waals surface area contributed by atoms with E-state index in [4.69, 9.17) is 21.3 Å². The zero-order valence-corrected chi connectivity index (χ0v) is 20.8. The molecule has 1 aromatic carbocycles. The maximum absolute atomic E-state index is 12.9. The predicted octanol–water partition coefficient (Wildman–Crippen LogP) is 4.79. The number of halogens is 1. The third-order valence-corrected chi connectivity index (χ3v) is 6.96. The lowest BCUT2D eigenvalue weighted by Crippen LogP contribution is -2.39. The van der Waals surface area contributed by atoms with Crippen LogP contribution in [0, 0.1) is 11.8 Å². The molecule has 3 aromatic rings. The van der Waals surface area contributed by atoms with Gasteiger partial charge < -0.3 is 24.8 Å². The number of nitrogens with zero attached hydrogens (tertiary/aromatic N) is 4. The van der Waals surface area contributed by atoms with Crippen LogP contribution in [0.5, 0.6) is 5.75 Å². The summed E-state index contributed by atoms with van der Waals surface area (Å²) in [5, 5.41) is 8.20. The van der Waals surface area contributed by atoms with Crippen molar-refractivity contribution < 1.29 is 4.74 Å². The van der Waals surface area contributed by atoms with Gasteiger partial charge in [0.15, 0.2) is 5.82 Å². The number of rotatable bonds is 3. The molecule has 9 heteroatoms. The molecule has 0 amide bonds. The van der Waals surface area contributed by atoms with Crippen LogP contribution in [0.4, 0.5) is 23.1 Å². The minimum absolute atomic E-state index is 0.140. The minimum Gasteiger partial charge on any atom is -0.486 e. The van der Waals surface area contributed by atoms with Crippen molar-refractivity contribution in [3.8, 4) is 5.75 Å². The normalized spacial score (nSPS) is 22.5. The van der Waals surface area contributed by atoms with Gasteiger partial charge in [-0.25, -0.2) is 4.98 Å². The largest absolute Gasteiger partial charge is 0.486 e. The maximum Gasteiger partial charge on any atom is 0.295 e. The Kier molecular flexibility index (Phi) is 6.02. The lowest BCUT2D eigenvalue weighted by atomic mass is 9.92. The number of piperidine rings is 1. The molecular weight excluding hydrogens is 452 g/mol. The lowest BCUT2D eigenvalue weighted by molar-refractivity contribution is 0.309. The number of hydrogen-bond acceptors (Lipinski definition) is 7. The second kappa shape index (κ2) is 8.98. The van der Waals surface area contributed by atoms with Crippen LogP contribution in [0.25, 0.3) is 10.9 Å². The van der Waals surface area contributed by atoms with Crippen LogP contribution in [0.15, 0.2) is 29.2 Å². The molecule has 0 unspecified atom stereocenters. The van der Waals surface area contributed by atoms with Gasteiger partial charge in [0.25, 0.3) is 5.56 Å². The Bertz CT molecular complexity index is 1280. The second-order valence-corrected chi connectivity index (χ2v) is 10.2. The standard InChI is InChI=1S/C25H31ClN6O2/c1-14-9-15(2)13-32(12-14)25-27-11-19(26)23(30-25)29-17-5-6-20-18(10-17)21-22(24(33)31(20)4)34-8-7-16(3)28-21/h5-6,10-11,14-16,28H,7-9,12-13H2,1-4H3,(H,27,29,30)/t14-,15+,16-/m0/s1. The minimum atomic E-state index is -0.140. The Labute approximate surface area is 204 Å². The molecule has 2 aromatic heterocycles. The van der Waals surface area contributed by atoms with Gasteiger partial charge in [-0.15, -0.1) is 0 Å². The van der Waals surface area contributed by atoms with E-state index >= 15 is 0 Å². The molecule has 0 bridgehead atoms. The quantitative estimate of drug-likeness (QED) is 0.555. The second-order valence-electron chi connectivity index (χ2n) is 9.83. The molecule has 0 aliphatic carbocycles. The summed E-state index contributed by atoms with van der Waals surface area (Å²) in [6, 6.07) is 6.06. The van der Waals surface area contributed by atoms with Crippen LogP contribution in [-0.2, 0) is 7.05 Å². The fraction of sp³-hybridized carbons (Fsp3) is 0.480. The topological polar surface area (TPSA) is 84.3 Å². The summed E-state index contributed by atoms with van der Waals surface area (Å²) in [5.74, 6) is 2.81. The number of benzene rings is 1. The van der Waals surface area contributed by atoms with Gasteiger partial charge in [0.05, 0.1) is 24.0 Å².